The second-order valence-corrected chi connectivity index (χ2v) is 5.78. The van der Waals surface area contributed by atoms with Crippen LogP contribution in [-0.2, 0) is 0 Å². The highest BCUT2D eigenvalue weighted by Gasteiger charge is 2.31. The van der Waals surface area contributed by atoms with Gasteiger partial charge in [0, 0.05) is 25.2 Å². The van der Waals surface area contributed by atoms with Crippen molar-refractivity contribution in [2.24, 2.45) is 5.92 Å². The predicted molar refractivity (Wildman–Crippen MR) is 69.7 cm³/mol. The van der Waals surface area contributed by atoms with Crippen LogP contribution in [0.2, 0.25) is 0 Å². The van der Waals surface area contributed by atoms with Crippen molar-refractivity contribution in [1.29, 1.82) is 0 Å². The molecule has 16 heavy (non-hydrogen) atoms. The minimum atomic E-state index is 0.415. The third-order valence-corrected chi connectivity index (χ3v) is 4.89. The monoisotopic (exact) mass is 224 g/mol. The smallest absolute Gasteiger partial charge is 0.0304 e. The van der Waals surface area contributed by atoms with E-state index in [2.05, 4.69) is 24.1 Å². The predicted octanol–water partition coefficient (Wildman–Crippen LogP) is 2.64. The Kier molecular flexibility index (Phi) is 4.26. The van der Waals surface area contributed by atoms with Crippen molar-refractivity contribution in [1.82, 2.24) is 10.2 Å². The van der Waals surface area contributed by atoms with E-state index in [1.54, 1.807) is 0 Å². The molecule has 0 spiro atoms. The largest absolute Gasteiger partial charge is 0.309 e. The van der Waals surface area contributed by atoms with Crippen LogP contribution in [0, 0.1) is 5.92 Å². The van der Waals surface area contributed by atoms with Crippen LogP contribution in [0.3, 0.4) is 0 Å². The molecule has 2 aliphatic rings. The molecule has 1 saturated heterocycles. The van der Waals surface area contributed by atoms with Gasteiger partial charge in [0.1, 0.15) is 0 Å². The number of rotatable bonds is 5. The summed E-state index contributed by atoms with van der Waals surface area (Å²) in [5.41, 5.74) is 0.415. The topological polar surface area (TPSA) is 15.3 Å². The Balaban J connectivity index is 1.76. The molecule has 0 bridgehead atoms. The molecule has 1 saturated carbocycles. The van der Waals surface area contributed by atoms with Crippen LogP contribution < -0.4 is 5.32 Å². The van der Waals surface area contributed by atoms with Gasteiger partial charge in [0.25, 0.3) is 0 Å². The Labute approximate surface area is 101 Å². The van der Waals surface area contributed by atoms with Crippen molar-refractivity contribution >= 4 is 0 Å². The van der Waals surface area contributed by atoms with Gasteiger partial charge in [0.05, 0.1) is 0 Å². The zero-order chi connectivity index (χ0) is 11.4. The SMILES string of the molecule is CCC1(CC)CN(CCC2CCC2)CCN1. The molecule has 0 aromatic heterocycles. The number of nitrogens with one attached hydrogen (secondary N) is 1. The van der Waals surface area contributed by atoms with E-state index < -0.39 is 0 Å². The van der Waals surface area contributed by atoms with E-state index in [0.717, 1.165) is 5.92 Å². The van der Waals surface area contributed by atoms with Gasteiger partial charge in [-0.1, -0.05) is 33.1 Å². The van der Waals surface area contributed by atoms with E-state index in [9.17, 15) is 0 Å². The molecule has 1 N–H and O–H groups in total. The summed E-state index contributed by atoms with van der Waals surface area (Å²) in [4.78, 5) is 2.70. The van der Waals surface area contributed by atoms with Gasteiger partial charge in [-0.15, -0.1) is 0 Å². The van der Waals surface area contributed by atoms with Crippen LogP contribution in [0.15, 0.2) is 0 Å². The normalized spacial score (nSPS) is 26.6. The maximum Gasteiger partial charge on any atom is 0.0304 e. The third-order valence-electron chi connectivity index (χ3n) is 4.89. The van der Waals surface area contributed by atoms with Crippen molar-refractivity contribution in [2.75, 3.05) is 26.2 Å². The van der Waals surface area contributed by atoms with Gasteiger partial charge in [-0.05, 0) is 31.7 Å². The van der Waals surface area contributed by atoms with Gasteiger partial charge in [0.2, 0.25) is 0 Å². The van der Waals surface area contributed by atoms with Crippen molar-refractivity contribution in [3.05, 3.63) is 0 Å². The lowest BCUT2D eigenvalue weighted by molar-refractivity contribution is 0.111. The average molecular weight is 224 g/mol. The van der Waals surface area contributed by atoms with Crippen molar-refractivity contribution in [3.8, 4) is 0 Å². The molecule has 2 rings (SSSR count). The minimum absolute atomic E-state index is 0.415. The van der Waals surface area contributed by atoms with E-state index in [1.807, 2.05) is 0 Å². The zero-order valence-electron chi connectivity index (χ0n) is 11.1. The highest BCUT2D eigenvalue weighted by Crippen LogP contribution is 2.30. The van der Waals surface area contributed by atoms with Crippen LogP contribution in [0.4, 0.5) is 0 Å². The number of piperazine rings is 1. The summed E-state index contributed by atoms with van der Waals surface area (Å²) < 4.78 is 0. The Morgan fingerprint density at radius 3 is 2.56 bits per heavy atom. The Morgan fingerprint density at radius 2 is 2.00 bits per heavy atom. The maximum atomic E-state index is 3.74. The molecule has 2 nitrogen and oxygen atoms in total. The molecule has 0 aromatic rings. The molecule has 0 radical (unpaired) electrons. The Morgan fingerprint density at radius 1 is 1.25 bits per heavy atom. The van der Waals surface area contributed by atoms with E-state index in [-0.39, 0.29) is 0 Å². The summed E-state index contributed by atoms with van der Waals surface area (Å²) in [7, 11) is 0. The first-order valence-electron chi connectivity index (χ1n) is 7.25. The zero-order valence-corrected chi connectivity index (χ0v) is 11.1. The molecule has 1 aliphatic carbocycles. The van der Waals surface area contributed by atoms with Crippen LogP contribution in [0.1, 0.15) is 52.4 Å². The molecule has 0 atom stereocenters. The summed E-state index contributed by atoms with van der Waals surface area (Å²) in [5, 5.41) is 3.74. The molecule has 1 heterocycles. The quantitative estimate of drug-likeness (QED) is 0.772. The highest BCUT2D eigenvalue weighted by atomic mass is 15.2. The van der Waals surface area contributed by atoms with Crippen LogP contribution >= 0.6 is 0 Å². The molecule has 2 fully saturated rings. The average Bonchev–Trinajstić information content (AvgIpc) is 2.27. The fourth-order valence-electron chi connectivity index (χ4n) is 3.10. The Bertz CT molecular complexity index is 207. The molecule has 2 heteroatoms. The van der Waals surface area contributed by atoms with Gasteiger partial charge in [-0.25, -0.2) is 0 Å². The van der Waals surface area contributed by atoms with E-state index in [4.69, 9.17) is 0 Å². The van der Waals surface area contributed by atoms with Crippen LogP contribution in [0.5, 0.6) is 0 Å². The highest BCUT2D eigenvalue weighted by molar-refractivity contribution is 4.92. The molecule has 0 amide bonds. The molecule has 0 unspecified atom stereocenters. The summed E-state index contributed by atoms with van der Waals surface area (Å²) in [6.45, 7) is 9.71. The third kappa shape index (κ3) is 2.78. The van der Waals surface area contributed by atoms with Crippen molar-refractivity contribution < 1.29 is 0 Å². The summed E-state index contributed by atoms with van der Waals surface area (Å²) in [6.07, 6.45) is 8.47. The van der Waals surface area contributed by atoms with Crippen LogP contribution in [0.25, 0.3) is 0 Å². The minimum Gasteiger partial charge on any atom is -0.309 e. The van der Waals surface area contributed by atoms with E-state index in [0.29, 0.717) is 5.54 Å². The van der Waals surface area contributed by atoms with Gasteiger partial charge in [-0.3, -0.25) is 0 Å². The molecule has 1 aliphatic heterocycles. The van der Waals surface area contributed by atoms with Gasteiger partial charge in [-0.2, -0.15) is 0 Å². The summed E-state index contributed by atoms with van der Waals surface area (Å²) >= 11 is 0. The van der Waals surface area contributed by atoms with Gasteiger partial charge in [0.15, 0.2) is 0 Å². The standard InChI is InChI=1S/C14H28N2/c1-3-14(4-2)12-16(11-9-15-14)10-8-13-6-5-7-13/h13,15H,3-12H2,1-2H3. The van der Waals surface area contributed by atoms with E-state index >= 15 is 0 Å². The summed E-state index contributed by atoms with van der Waals surface area (Å²) in [6, 6.07) is 0. The van der Waals surface area contributed by atoms with Gasteiger partial charge >= 0.3 is 0 Å². The molecular weight excluding hydrogens is 196 g/mol. The fraction of sp³-hybridized carbons (Fsp3) is 1.00. The second kappa shape index (κ2) is 5.50. The molecular formula is C14H28N2. The maximum absolute atomic E-state index is 3.74. The fourth-order valence-corrected chi connectivity index (χ4v) is 3.10. The molecule has 0 aromatic carbocycles. The summed E-state index contributed by atoms with van der Waals surface area (Å²) in [5.74, 6) is 1.06. The van der Waals surface area contributed by atoms with Crippen molar-refractivity contribution in [3.63, 3.8) is 0 Å². The first-order valence-corrected chi connectivity index (χ1v) is 7.25. The number of nitrogens with zero attached hydrogens (tertiary/aromatic N) is 1. The first-order chi connectivity index (χ1) is 7.78. The first kappa shape index (κ1) is 12.4. The number of hydrogen-bond donors (Lipinski definition) is 1. The van der Waals surface area contributed by atoms with Crippen molar-refractivity contribution in [2.45, 2.75) is 57.9 Å². The number of hydrogen-bond acceptors (Lipinski definition) is 2. The molecule has 94 valence electrons. The van der Waals surface area contributed by atoms with E-state index in [1.165, 1.54) is 64.7 Å². The Hall–Kier alpha value is -0.0800. The lowest BCUT2D eigenvalue weighted by atomic mass is 9.82. The van der Waals surface area contributed by atoms with Gasteiger partial charge < -0.3 is 10.2 Å². The lowest BCUT2D eigenvalue weighted by Crippen LogP contribution is -2.60. The second-order valence-electron chi connectivity index (χ2n) is 5.78. The lowest BCUT2D eigenvalue weighted by Gasteiger charge is -2.43. The van der Waals surface area contributed by atoms with Crippen LogP contribution in [-0.4, -0.2) is 36.6 Å².